The fraction of sp³-hybridized carbons (Fsp3) is 0.727. The molecule has 0 radical (unpaired) electrons. The average molecular weight is 260 g/mol. The van der Waals surface area contributed by atoms with Crippen molar-refractivity contribution in [3.8, 4) is 0 Å². The van der Waals surface area contributed by atoms with Crippen molar-refractivity contribution in [1.29, 1.82) is 0 Å². The van der Waals surface area contributed by atoms with Gasteiger partial charge in [-0.05, 0) is 5.92 Å². The lowest BCUT2D eigenvalue weighted by atomic mass is 10.2. The molecule has 1 saturated heterocycles. The van der Waals surface area contributed by atoms with Gasteiger partial charge in [0, 0.05) is 25.8 Å². The van der Waals surface area contributed by atoms with Crippen LogP contribution < -0.4 is 0 Å². The van der Waals surface area contributed by atoms with Crippen LogP contribution in [-0.4, -0.2) is 58.2 Å². The zero-order valence-electron chi connectivity index (χ0n) is 10.1. The minimum Gasteiger partial charge on any atom is -0.465 e. The molecule has 0 spiro atoms. The summed E-state index contributed by atoms with van der Waals surface area (Å²) in [4.78, 5) is 16.7. The number of hydrogen-bond acceptors (Lipinski definition) is 3. The molecule has 2 heterocycles. The van der Waals surface area contributed by atoms with E-state index in [0.717, 1.165) is 11.7 Å². The molecule has 1 unspecified atom stereocenters. The number of carboxylic acid groups (broad SMARTS) is 1. The van der Waals surface area contributed by atoms with E-state index in [1.807, 2.05) is 6.20 Å². The molecule has 0 bridgehead atoms. The first kappa shape index (κ1) is 12.4. The molecule has 2 aliphatic heterocycles. The van der Waals surface area contributed by atoms with Crippen molar-refractivity contribution in [3.05, 3.63) is 11.4 Å². The van der Waals surface area contributed by atoms with Crippen LogP contribution in [0.3, 0.4) is 0 Å². The smallest absolute Gasteiger partial charge is 0.407 e. The van der Waals surface area contributed by atoms with Gasteiger partial charge < -0.3 is 19.8 Å². The first-order valence-corrected chi connectivity index (χ1v) is 6.24. The van der Waals surface area contributed by atoms with E-state index in [1.54, 1.807) is 0 Å². The van der Waals surface area contributed by atoms with Gasteiger partial charge in [0.05, 0.1) is 6.54 Å². The fourth-order valence-corrected chi connectivity index (χ4v) is 2.69. The van der Waals surface area contributed by atoms with E-state index in [0.29, 0.717) is 25.6 Å². The monoisotopic (exact) mass is 259 g/mol. The summed E-state index contributed by atoms with van der Waals surface area (Å²) < 4.78 is 0. The van der Waals surface area contributed by atoms with E-state index < -0.39 is 6.09 Å². The minimum atomic E-state index is -0.850. The average Bonchev–Trinajstić information content (AvgIpc) is 2.54. The third kappa shape index (κ3) is 2.44. The van der Waals surface area contributed by atoms with Gasteiger partial charge in [-0.3, -0.25) is 0 Å². The molecule has 17 heavy (non-hydrogen) atoms. The highest BCUT2D eigenvalue weighted by molar-refractivity contribution is 6.29. The van der Waals surface area contributed by atoms with E-state index in [-0.39, 0.29) is 6.17 Å². The number of carbonyl (C=O) groups is 1. The summed E-state index contributed by atoms with van der Waals surface area (Å²) in [7, 11) is 0. The van der Waals surface area contributed by atoms with Crippen molar-refractivity contribution in [3.63, 3.8) is 0 Å². The van der Waals surface area contributed by atoms with Crippen LogP contribution in [0.4, 0.5) is 4.79 Å². The van der Waals surface area contributed by atoms with Crippen molar-refractivity contribution in [1.82, 2.24) is 14.7 Å². The Morgan fingerprint density at radius 1 is 1.59 bits per heavy atom. The van der Waals surface area contributed by atoms with E-state index in [1.165, 1.54) is 4.90 Å². The van der Waals surface area contributed by atoms with Gasteiger partial charge in [0.25, 0.3) is 0 Å². The number of nitrogens with zero attached hydrogens (tertiary/aromatic N) is 3. The summed E-state index contributed by atoms with van der Waals surface area (Å²) in [5, 5.41) is 9.75. The van der Waals surface area contributed by atoms with Crippen LogP contribution in [-0.2, 0) is 0 Å². The van der Waals surface area contributed by atoms with Gasteiger partial charge >= 0.3 is 6.09 Å². The summed E-state index contributed by atoms with van der Waals surface area (Å²) in [6.07, 6.45) is 1.14. The summed E-state index contributed by atoms with van der Waals surface area (Å²) in [6.45, 7) is 6.86. The zero-order valence-corrected chi connectivity index (χ0v) is 10.9. The number of fused-ring (bicyclic) bond motifs is 1. The molecule has 2 aliphatic rings. The van der Waals surface area contributed by atoms with Gasteiger partial charge in [-0.15, -0.1) is 0 Å². The number of hydrogen-bond donors (Lipinski definition) is 1. The minimum absolute atomic E-state index is 0.0646. The Labute approximate surface area is 106 Å². The summed E-state index contributed by atoms with van der Waals surface area (Å²) >= 11 is 6.17. The number of rotatable bonds is 2. The number of halogens is 1. The first-order valence-electron chi connectivity index (χ1n) is 5.86. The molecular formula is C11H18ClN3O2. The summed E-state index contributed by atoms with van der Waals surface area (Å²) in [5.74, 6) is 0.524. The van der Waals surface area contributed by atoms with E-state index >= 15 is 0 Å². The quantitative estimate of drug-likeness (QED) is 0.766. The Morgan fingerprint density at radius 3 is 2.88 bits per heavy atom. The van der Waals surface area contributed by atoms with E-state index in [4.69, 9.17) is 16.7 Å². The van der Waals surface area contributed by atoms with Crippen LogP contribution in [0.15, 0.2) is 11.4 Å². The van der Waals surface area contributed by atoms with Crippen molar-refractivity contribution in [2.75, 3.05) is 26.2 Å². The van der Waals surface area contributed by atoms with Crippen molar-refractivity contribution < 1.29 is 9.90 Å². The Kier molecular flexibility index (Phi) is 3.38. The molecule has 1 N–H and O–H groups in total. The predicted molar refractivity (Wildman–Crippen MR) is 65.6 cm³/mol. The van der Waals surface area contributed by atoms with Crippen LogP contribution in [0.25, 0.3) is 0 Å². The topological polar surface area (TPSA) is 47.0 Å². The van der Waals surface area contributed by atoms with Crippen LogP contribution in [0.5, 0.6) is 0 Å². The molecule has 0 aromatic heterocycles. The molecule has 1 atom stereocenters. The third-order valence-corrected chi connectivity index (χ3v) is 3.45. The summed E-state index contributed by atoms with van der Waals surface area (Å²) in [6, 6.07) is 0. The number of amides is 1. The second-order valence-electron chi connectivity index (χ2n) is 4.95. The van der Waals surface area contributed by atoms with Crippen molar-refractivity contribution in [2.24, 2.45) is 5.92 Å². The van der Waals surface area contributed by atoms with Gasteiger partial charge in [-0.1, -0.05) is 25.4 Å². The maximum atomic E-state index is 11.0. The highest BCUT2D eigenvalue weighted by Crippen LogP contribution is 2.29. The second-order valence-corrected chi connectivity index (χ2v) is 5.33. The van der Waals surface area contributed by atoms with Gasteiger partial charge in [-0.2, -0.15) is 0 Å². The zero-order chi connectivity index (χ0) is 12.6. The van der Waals surface area contributed by atoms with Crippen LogP contribution >= 0.6 is 11.6 Å². The first-order chi connectivity index (χ1) is 7.99. The Morgan fingerprint density at radius 2 is 2.29 bits per heavy atom. The molecule has 5 nitrogen and oxygen atoms in total. The van der Waals surface area contributed by atoms with Gasteiger partial charge in [0.15, 0.2) is 0 Å². The van der Waals surface area contributed by atoms with Crippen LogP contribution in [0.2, 0.25) is 0 Å². The lowest BCUT2D eigenvalue weighted by molar-refractivity contribution is 0.0448. The number of piperazine rings is 1. The normalized spacial score (nSPS) is 24.1. The maximum absolute atomic E-state index is 11.0. The SMILES string of the molecule is CC(C)CN1C=C(Cl)N2CCN(C(=O)O)CC12. The highest BCUT2D eigenvalue weighted by atomic mass is 35.5. The summed E-state index contributed by atoms with van der Waals surface area (Å²) in [5.41, 5.74) is 0. The molecule has 0 aromatic rings. The molecule has 0 aliphatic carbocycles. The fourth-order valence-electron chi connectivity index (χ4n) is 2.36. The molecule has 2 rings (SSSR count). The van der Waals surface area contributed by atoms with E-state index in [9.17, 15) is 4.79 Å². The lowest BCUT2D eigenvalue weighted by Crippen LogP contribution is -2.56. The van der Waals surface area contributed by atoms with Crippen molar-refractivity contribution in [2.45, 2.75) is 20.0 Å². The molecular weight excluding hydrogens is 242 g/mol. The standard InChI is InChI=1S/C11H18ClN3O2/c1-8(2)5-14-6-9(12)15-4-3-13(11(16)17)7-10(14)15/h6,8,10H,3-5,7H2,1-2H3,(H,16,17). The lowest BCUT2D eigenvalue weighted by Gasteiger charge is -2.41. The molecule has 96 valence electrons. The Bertz CT molecular complexity index is 346. The molecule has 1 amide bonds. The molecule has 0 aromatic carbocycles. The largest absolute Gasteiger partial charge is 0.465 e. The van der Waals surface area contributed by atoms with Gasteiger partial charge in [-0.25, -0.2) is 4.79 Å². The van der Waals surface area contributed by atoms with Gasteiger partial charge in [0.2, 0.25) is 0 Å². The van der Waals surface area contributed by atoms with Crippen molar-refractivity contribution >= 4 is 17.7 Å². The highest BCUT2D eigenvalue weighted by Gasteiger charge is 2.37. The second kappa shape index (κ2) is 4.64. The maximum Gasteiger partial charge on any atom is 0.407 e. The van der Waals surface area contributed by atoms with Crippen LogP contribution in [0.1, 0.15) is 13.8 Å². The van der Waals surface area contributed by atoms with Crippen LogP contribution in [0, 0.1) is 5.92 Å². The van der Waals surface area contributed by atoms with Gasteiger partial charge in [0.1, 0.15) is 11.3 Å². The molecule has 6 heteroatoms. The molecule has 1 fully saturated rings. The Hall–Kier alpha value is -1.10. The molecule has 0 saturated carbocycles. The van der Waals surface area contributed by atoms with E-state index in [2.05, 4.69) is 23.6 Å². The predicted octanol–water partition coefficient (Wildman–Crippen LogP) is 1.62. The third-order valence-electron chi connectivity index (χ3n) is 3.13. The Balaban J connectivity index is 2.08.